The van der Waals surface area contributed by atoms with E-state index in [0.29, 0.717) is 12.0 Å². The van der Waals surface area contributed by atoms with Crippen LogP contribution in [0.1, 0.15) is 46.5 Å². The van der Waals surface area contributed by atoms with Gasteiger partial charge in [-0.15, -0.1) is 0 Å². The van der Waals surface area contributed by atoms with E-state index in [9.17, 15) is 4.79 Å². The largest absolute Gasteiger partial charge is 0.355 e. The second-order valence-electron chi connectivity index (χ2n) is 5.56. The van der Waals surface area contributed by atoms with Gasteiger partial charge in [-0.3, -0.25) is 9.69 Å². The highest BCUT2D eigenvalue weighted by atomic mass is 16.2. The predicted octanol–water partition coefficient (Wildman–Crippen LogP) is 1.35. The minimum absolute atomic E-state index is 0.0295. The Labute approximate surface area is 111 Å². The molecule has 0 aromatic rings. The molecule has 1 aliphatic rings. The van der Waals surface area contributed by atoms with Crippen molar-refractivity contribution in [2.24, 2.45) is 11.7 Å². The molecule has 1 saturated heterocycles. The molecule has 1 rings (SSSR count). The lowest BCUT2D eigenvalue weighted by atomic mass is 10.1. The number of unbranched alkanes of at least 4 members (excludes halogenated alkanes) is 2. The first-order valence-corrected chi connectivity index (χ1v) is 7.33. The zero-order valence-corrected chi connectivity index (χ0v) is 12.1. The van der Waals surface area contributed by atoms with E-state index >= 15 is 0 Å². The molecule has 1 amide bonds. The lowest BCUT2D eigenvalue weighted by Crippen LogP contribution is -2.47. The second kappa shape index (κ2) is 7.74. The summed E-state index contributed by atoms with van der Waals surface area (Å²) in [5.41, 5.74) is 5.72. The van der Waals surface area contributed by atoms with Crippen LogP contribution in [0, 0.1) is 5.92 Å². The average Bonchev–Trinajstić information content (AvgIpc) is 2.74. The van der Waals surface area contributed by atoms with E-state index in [2.05, 4.69) is 24.1 Å². The normalized spacial score (nSPS) is 26.2. The SMILES string of the molecule is CCCCCNC(=O)C(C)N1CC(CN)CC1C. The Morgan fingerprint density at radius 3 is 2.78 bits per heavy atom. The van der Waals surface area contributed by atoms with E-state index < -0.39 is 0 Å². The smallest absolute Gasteiger partial charge is 0.237 e. The highest BCUT2D eigenvalue weighted by molar-refractivity contribution is 5.81. The van der Waals surface area contributed by atoms with Crippen molar-refractivity contribution in [2.75, 3.05) is 19.6 Å². The molecule has 1 aliphatic heterocycles. The fraction of sp³-hybridized carbons (Fsp3) is 0.929. The van der Waals surface area contributed by atoms with Gasteiger partial charge in [0, 0.05) is 19.1 Å². The van der Waals surface area contributed by atoms with E-state index in [0.717, 1.165) is 32.5 Å². The van der Waals surface area contributed by atoms with Crippen molar-refractivity contribution < 1.29 is 4.79 Å². The number of likely N-dealkylation sites (tertiary alicyclic amines) is 1. The van der Waals surface area contributed by atoms with Gasteiger partial charge in [0.1, 0.15) is 0 Å². The fourth-order valence-corrected chi connectivity index (χ4v) is 2.77. The molecule has 0 saturated carbocycles. The molecule has 0 aliphatic carbocycles. The molecule has 3 atom stereocenters. The molecular formula is C14H29N3O. The number of hydrogen-bond donors (Lipinski definition) is 2. The first-order chi connectivity index (χ1) is 8.60. The van der Waals surface area contributed by atoms with Crippen LogP contribution in [0.5, 0.6) is 0 Å². The summed E-state index contributed by atoms with van der Waals surface area (Å²) in [6.07, 6.45) is 4.57. The molecule has 0 radical (unpaired) electrons. The molecule has 1 heterocycles. The molecule has 18 heavy (non-hydrogen) atoms. The van der Waals surface area contributed by atoms with E-state index in [-0.39, 0.29) is 11.9 Å². The first kappa shape index (κ1) is 15.4. The predicted molar refractivity (Wildman–Crippen MR) is 75.3 cm³/mol. The van der Waals surface area contributed by atoms with Crippen molar-refractivity contribution in [1.29, 1.82) is 0 Å². The van der Waals surface area contributed by atoms with Crippen molar-refractivity contribution in [3.8, 4) is 0 Å². The molecule has 0 spiro atoms. The van der Waals surface area contributed by atoms with E-state index in [1.807, 2.05) is 6.92 Å². The summed E-state index contributed by atoms with van der Waals surface area (Å²) in [5, 5.41) is 3.04. The topological polar surface area (TPSA) is 58.4 Å². The van der Waals surface area contributed by atoms with Crippen LogP contribution in [0.3, 0.4) is 0 Å². The molecular weight excluding hydrogens is 226 g/mol. The maximum Gasteiger partial charge on any atom is 0.237 e. The maximum absolute atomic E-state index is 12.0. The highest BCUT2D eigenvalue weighted by Crippen LogP contribution is 2.24. The molecule has 3 unspecified atom stereocenters. The van der Waals surface area contributed by atoms with Gasteiger partial charge in [-0.1, -0.05) is 19.8 Å². The fourth-order valence-electron chi connectivity index (χ4n) is 2.77. The van der Waals surface area contributed by atoms with Gasteiger partial charge in [-0.25, -0.2) is 0 Å². The Kier molecular flexibility index (Phi) is 6.65. The van der Waals surface area contributed by atoms with E-state index in [4.69, 9.17) is 5.73 Å². The molecule has 106 valence electrons. The molecule has 0 bridgehead atoms. The van der Waals surface area contributed by atoms with Crippen molar-refractivity contribution >= 4 is 5.91 Å². The quantitative estimate of drug-likeness (QED) is 0.675. The third kappa shape index (κ3) is 4.25. The monoisotopic (exact) mass is 255 g/mol. The number of carbonyl (C=O) groups excluding carboxylic acids is 1. The number of nitrogens with two attached hydrogens (primary N) is 1. The zero-order valence-electron chi connectivity index (χ0n) is 12.1. The van der Waals surface area contributed by atoms with Gasteiger partial charge in [-0.05, 0) is 39.2 Å². The van der Waals surface area contributed by atoms with E-state index in [1.54, 1.807) is 0 Å². The summed E-state index contributed by atoms with van der Waals surface area (Å²) in [4.78, 5) is 14.3. The maximum atomic E-state index is 12.0. The summed E-state index contributed by atoms with van der Waals surface area (Å²) in [5.74, 6) is 0.714. The van der Waals surface area contributed by atoms with Crippen LogP contribution in [0.25, 0.3) is 0 Å². The van der Waals surface area contributed by atoms with Crippen LogP contribution >= 0.6 is 0 Å². The van der Waals surface area contributed by atoms with Gasteiger partial charge >= 0.3 is 0 Å². The van der Waals surface area contributed by atoms with Crippen LogP contribution in [-0.4, -0.2) is 42.5 Å². The molecule has 0 aromatic carbocycles. The van der Waals surface area contributed by atoms with Gasteiger partial charge in [0.05, 0.1) is 6.04 Å². The van der Waals surface area contributed by atoms with Gasteiger partial charge in [0.2, 0.25) is 5.91 Å². The van der Waals surface area contributed by atoms with Crippen LogP contribution in [0.15, 0.2) is 0 Å². The van der Waals surface area contributed by atoms with Crippen LogP contribution in [0.4, 0.5) is 0 Å². The number of nitrogens with zero attached hydrogens (tertiary/aromatic N) is 1. The second-order valence-corrected chi connectivity index (χ2v) is 5.56. The van der Waals surface area contributed by atoms with E-state index in [1.165, 1.54) is 12.8 Å². The third-order valence-corrected chi connectivity index (χ3v) is 4.00. The Bertz CT molecular complexity index is 257. The Morgan fingerprint density at radius 1 is 1.50 bits per heavy atom. The standard InChI is InChI=1S/C14H29N3O/c1-4-5-6-7-16-14(18)12(3)17-10-13(9-15)8-11(17)2/h11-13H,4-10,15H2,1-3H3,(H,16,18). The summed E-state index contributed by atoms with van der Waals surface area (Å²) in [7, 11) is 0. The molecule has 4 nitrogen and oxygen atoms in total. The molecule has 4 heteroatoms. The third-order valence-electron chi connectivity index (χ3n) is 4.00. The number of amides is 1. The van der Waals surface area contributed by atoms with Crippen molar-refractivity contribution in [3.63, 3.8) is 0 Å². The first-order valence-electron chi connectivity index (χ1n) is 7.33. The van der Waals surface area contributed by atoms with Gasteiger partial charge < -0.3 is 11.1 Å². The van der Waals surface area contributed by atoms with Gasteiger partial charge in [-0.2, -0.15) is 0 Å². The number of hydrogen-bond acceptors (Lipinski definition) is 3. The Hall–Kier alpha value is -0.610. The number of rotatable bonds is 7. The van der Waals surface area contributed by atoms with Gasteiger partial charge in [0.25, 0.3) is 0 Å². The minimum Gasteiger partial charge on any atom is -0.355 e. The Morgan fingerprint density at radius 2 is 2.22 bits per heavy atom. The van der Waals surface area contributed by atoms with Crippen molar-refractivity contribution in [3.05, 3.63) is 0 Å². The van der Waals surface area contributed by atoms with Crippen LogP contribution in [-0.2, 0) is 4.79 Å². The average molecular weight is 255 g/mol. The number of carbonyl (C=O) groups is 1. The molecule has 1 fully saturated rings. The summed E-state index contributed by atoms with van der Waals surface area (Å²) in [6.45, 7) is 8.86. The van der Waals surface area contributed by atoms with Crippen LogP contribution in [0.2, 0.25) is 0 Å². The Balaban J connectivity index is 2.34. The number of nitrogens with one attached hydrogen (secondary N) is 1. The van der Waals surface area contributed by atoms with Crippen molar-refractivity contribution in [2.45, 2.75) is 58.5 Å². The minimum atomic E-state index is -0.0295. The summed E-state index contributed by atoms with van der Waals surface area (Å²) in [6, 6.07) is 0.438. The zero-order chi connectivity index (χ0) is 13.5. The summed E-state index contributed by atoms with van der Waals surface area (Å²) >= 11 is 0. The lowest BCUT2D eigenvalue weighted by Gasteiger charge is -2.27. The lowest BCUT2D eigenvalue weighted by molar-refractivity contribution is -0.126. The van der Waals surface area contributed by atoms with Crippen LogP contribution < -0.4 is 11.1 Å². The highest BCUT2D eigenvalue weighted by Gasteiger charge is 2.33. The molecule has 3 N–H and O–H groups in total. The van der Waals surface area contributed by atoms with Gasteiger partial charge in [0.15, 0.2) is 0 Å². The summed E-state index contributed by atoms with van der Waals surface area (Å²) < 4.78 is 0. The van der Waals surface area contributed by atoms with Crippen molar-refractivity contribution in [1.82, 2.24) is 10.2 Å². The molecule has 0 aromatic heterocycles.